The molecule has 27 heavy (non-hydrogen) atoms. The molecule has 5 nitrogen and oxygen atoms in total. The molecule has 0 radical (unpaired) electrons. The van der Waals surface area contributed by atoms with Crippen molar-refractivity contribution in [2.24, 2.45) is 5.92 Å². The highest BCUT2D eigenvalue weighted by Crippen LogP contribution is 2.33. The normalized spacial score (nSPS) is 13.2. The standard InChI is InChI=1S/C17H15F4NO4S/c1-10(16(23)24)8-11-2-4-12(5-3-11)22-27(25,26)13-6-7-15(18)14(9-13)17(19,20)21/h2-7,9-10,22H,8H2,1H3,(H,23,24). The highest BCUT2D eigenvalue weighted by Gasteiger charge is 2.35. The Morgan fingerprint density at radius 1 is 1.15 bits per heavy atom. The summed E-state index contributed by atoms with van der Waals surface area (Å²) in [5.74, 6) is -3.18. The Morgan fingerprint density at radius 2 is 1.74 bits per heavy atom. The lowest BCUT2D eigenvalue weighted by Gasteiger charge is -2.12. The number of carboxylic acids is 1. The molecular weight excluding hydrogens is 390 g/mol. The first-order valence-electron chi connectivity index (χ1n) is 7.61. The number of alkyl halides is 3. The molecule has 0 aromatic heterocycles. The molecule has 2 N–H and O–H groups in total. The summed E-state index contributed by atoms with van der Waals surface area (Å²) < 4.78 is 78.2. The van der Waals surface area contributed by atoms with Crippen LogP contribution in [0.15, 0.2) is 47.4 Å². The van der Waals surface area contributed by atoms with E-state index in [1.54, 1.807) is 0 Å². The van der Waals surface area contributed by atoms with Crippen molar-refractivity contribution in [1.82, 2.24) is 0 Å². The summed E-state index contributed by atoms with van der Waals surface area (Å²) in [6.07, 6.45) is -4.80. The van der Waals surface area contributed by atoms with Gasteiger partial charge in [0.25, 0.3) is 10.0 Å². The summed E-state index contributed by atoms with van der Waals surface area (Å²) >= 11 is 0. The van der Waals surface area contributed by atoms with Gasteiger partial charge in [0, 0.05) is 5.69 Å². The summed E-state index contributed by atoms with van der Waals surface area (Å²) in [5.41, 5.74) is -0.961. The van der Waals surface area contributed by atoms with Crippen LogP contribution < -0.4 is 4.72 Å². The number of carbonyl (C=O) groups is 1. The zero-order valence-electron chi connectivity index (χ0n) is 13.9. The molecule has 0 aliphatic rings. The zero-order valence-corrected chi connectivity index (χ0v) is 14.7. The third-order valence-corrected chi connectivity index (χ3v) is 5.10. The lowest BCUT2D eigenvalue weighted by atomic mass is 10.0. The first-order valence-corrected chi connectivity index (χ1v) is 9.10. The number of anilines is 1. The fourth-order valence-corrected chi connectivity index (χ4v) is 3.34. The van der Waals surface area contributed by atoms with Crippen LogP contribution in [0.5, 0.6) is 0 Å². The fraction of sp³-hybridized carbons (Fsp3) is 0.235. The van der Waals surface area contributed by atoms with Crippen LogP contribution in [-0.2, 0) is 27.4 Å². The molecule has 0 aliphatic heterocycles. The first-order chi connectivity index (χ1) is 12.4. The highest BCUT2D eigenvalue weighted by atomic mass is 32.2. The van der Waals surface area contributed by atoms with E-state index in [4.69, 9.17) is 5.11 Å². The summed E-state index contributed by atoms with van der Waals surface area (Å²) in [6.45, 7) is 1.52. The van der Waals surface area contributed by atoms with Gasteiger partial charge < -0.3 is 5.11 Å². The number of hydrogen-bond acceptors (Lipinski definition) is 3. The van der Waals surface area contributed by atoms with Crippen molar-refractivity contribution >= 4 is 21.7 Å². The van der Waals surface area contributed by atoms with Crippen molar-refractivity contribution in [3.8, 4) is 0 Å². The minimum Gasteiger partial charge on any atom is -0.481 e. The topological polar surface area (TPSA) is 83.5 Å². The van der Waals surface area contributed by atoms with Crippen molar-refractivity contribution in [3.05, 3.63) is 59.4 Å². The molecule has 0 spiro atoms. The molecule has 2 aromatic carbocycles. The van der Waals surface area contributed by atoms with Crippen LogP contribution in [0.4, 0.5) is 23.2 Å². The largest absolute Gasteiger partial charge is 0.481 e. The van der Waals surface area contributed by atoms with Gasteiger partial charge in [-0.1, -0.05) is 19.1 Å². The third kappa shape index (κ3) is 5.19. The van der Waals surface area contributed by atoms with Gasteiger partial charge in [-0.2, -0.15) is 13.2 Å². The smallest absolute Gasteiger partial charge is 0.419 e. The number of carboxylic acid groups (broad SMARTS) is 1. The predicted molar refractivity (Wildman–Crippen MR) is 89.2 cm³/mol. The molecule has 2 aromatic rings. The Kier molecular flexibility index (Phi) is 5.79. The number of nitrogens with one attached hydrogen (secondary N) is 1. The van der Waals surface area contributed by atoms with Crippen LogP contribution in [0.25, 0.3) is 0 Å². The minimum atomic E-state index is -5.03. The average molecular weight is 405 g/mol. The molecule has 0 heterocycles. The number of sulfonamides is 1. The van der Waals surface area contributed by atoms with Crippen LogP contribution in [0.1, 0.15) is 18.1 Å². The SMILES string of the molecule is CC(Cc1ccc(NS(=O)(=O)c2ccc(F)c(C(F)(F)F)c2)cc1)C(=O)O. The molecule has 1 atom stereocenters. The van der Waals surface area contributed by atoms with E-state index >= 15 is 0 Å². The molecule has 0 amide bonds. The molecule has 0 saturated carbocycles. The molecule has 0 fully saturated rings. The Bertz CT molecular complexity index is 940. The molecule has 2 rings (SSSR count). The Labute approximate surface area is 152 Å². The van der Waals surface area contributed by atoms with Crippen LogP contribution in [0.3, 0.4) is 0 Å². The molecule has 10 heteroatoms. The lowest BCUT2D eigenvalue weighted by molar-refractivity contribution is -0.141. The van der Waals surface area contributed by atoms with Gasteiger partial charge in [-0.3, -0.25) is 9.52 Å². The fourth-order valence-electron chi connectivity index (χ4n) is 2.25. The van der Waals surface area contributed by atoms with Crippen molar-refractivity contribution in [2.45, 2.75) is 24.4 Å². The van der Waals surface area contributed by atoms with E-state index in [1.807, 2.05) is 0 Å². The Morgan fingerprint density at radius 3 is 2.26 bits per heavy atom. The van der Waals surface area contributed by atoms with E-state index in [1.165, 1.54) is 31.2 Å². The summed E-state index contributed by atoms with van der Waals surface area (Å²) in [4.78, 5) is 10.1. The second kappa shape index (κ2) is 7.55. The molecule has 0 bridgehead atoms. The maximum atomic E-state index is 13.3. The van der Waals surface area contributed by atoms with Crippen LogP contribution >= 0.6 is 0 Å². The second-order valence-corrected chi connectivity index (χ2v) is 7.57. The lowest BCUT2D eigenvalue weighted by Crippen LogP contribution is -2.16. The minimum absolute atomic E-state index is 0.0691. The van der Waals surface area contributed by atoms with Gasteiger partial charge in [0.05, 0.1) is 16.4 Å². The van der Waals surface area contributed by atoms with Crippen LogP contribution in [0, 0.1) is 11.7 Å². The van der Waals surface area contributed by atoms with Crippen LogP contribution in [-0.4, -0.2) is 19.5 Å². The van der Waals surface area contributed by atoms with Gasteiger partial charge in [-0.25, -0.2) is 12.8 Å². The van der Waals surface area contributed by atoms with Gasteiger partial charge >= 0.3 is 12.1 Å². The van der Waals surface area contributed by atoms with E-state index in [0.29, 0.717) is 11.6 Å². The summed E-state index contributed by atoms with van der Waals surface area (Å²) in [6, 6.07) is 7.11. The van der Waals surface area contributed by atoms with E-state index in [0.717, 1.165) is 6.07 Å². The third-order valence-electron chi connectivity index (χ3n) is 3.72. The number of rotatable bonds is 6. The summed E-state index contributed by atoms with van der Waals surface area (Å²) in [5, 5.41) is 8.88. The molecule has 0 saturated heterocycles. The van der Waals surface area contributed by atoms with E-state index < -0.39 is 44.4 Å². The number of aliphatic carboxylic acids is 1. The average Bonchev–Trinajstić information content (AvgIpc) is 2.55. The van der Waals surface area contributed by atoms with Gasteiger partial charge in [0.1, 0.15) is 5.82 Å². The predicted octanol–water partition coefficient (Wildman–Crippen LogP) is 3.91. The van der Waals surface area contributed by atoms with Crippen molar-refractivity contribution in [1.29, 1.82) is 0 Å². The van der Waals surface area contributed by atoms with Gasteiger partial charge in [-0.15, -0.1) is 0 Å². The molecular formula is C17H15F4NO4S. The second-order valence-electron chi connectivity index (χ2n) is 5.89. The maximum Gasteiger partial charge on any atom is 0.419 e. The van der Waals surface area contributed by atoms with Gasteiger partial charge in [0.15, 0.2) is 0 Å². The molecule has 1 unspecified atom stereocenters. The van der Waals surface area contributed by atoms with Crippen LogP contribution in [0.2, 0.25) is 0 Å². The first kappa shape index (κ1) is 20.7. The Hall–Kier alpha value is -2.62. The maximum absolute atomic E-state index is 13.3. The van der Waals surface area contributed by atoms with E-state index in [9.17, 15) is 30.8 Å². The number of benzene rings is 2. The molecule has 146 valence electrons. The van der Waals surface area contributed by atoms with Gasteiger partial charge in [0.2, 0.25) is 0 Å². The Balaban J connectivity index is 2.23. The van der Waals surface area contributed by atoms with E-state index in [-0.39, 0.29) is 18.2 Å². The van der Waals surface area contributed by atoms with Crippen molar-refractivity contribution in [3.63, 3.8) is 0 Å². The van der Waals surface area contributed by atoms with Gasteiger partial charge in [-0.05, 0) is 42.3 Å². The quantitative estimate of drug-likeness (QED) is 0.714. The zero-order chi connectivity index (χ0) is 20.4. The van der Waals surface area contributed by atoms with Crippen molar-refractivity contribution < 1.29 is 35.9 Å². The highest BCUT2D eigenvalue weighted by molar-refractivity contribution is 7.92. The van der Waals surface area contributed by atoms with E-state index in [2.05, 4.69) is 4.72 Å². The monoisotopic (exact) mass is 405 g/mol. The molecule has 0 aliphatic carbocycles. The van der Waals surface area contributed by atoms with Crippen molar-refractivity contribution in [2.75, 3.05) is 4.72 Å². The number of hydrogen-bond donors (Lipinski definition) is 2. The summed E-state index contributed by atoms with van der Waals surface area (Å²) in [7, 11) is -4.37. The number of halogens is 4.